The number of ketones is 1. The zero-order chi connectivity index (χ0) is 36.7. The minimum Gasteiger partial charge on any atom is -0.493 e. The molecule has 3 aliphatic rings. The Morgan fingerprint density at radius 3 is 2.51 bits per heavy atom. The van der Waals surface area contributed by atoms with E-state index in [1.807, 2.05) is 54.6 Å². The van der Waals surface area contributed by atoms with Crippen molar-refractivity contribution in [2.45, 2.75) is 59.4 Å². The molecule has 0 bridgehead atoms. The van der Waals surface area contributed by atoms with Crippen LogP contribution in [-0.4, -0.2) is 59.3 Å². The van der Waals surface area contributed by atoms with Crippen molar-refractivity contribution < 1.29 is 14.3 Å². The summed E-state index contributed by atoms with van der Waals surface area (Å²) in [7, 11) is 0. The molecule has 1 spiro atoms. The number of likely N-dealkylation sites (tertiary alicyclic amines) is 1. The lowest BCUT2D eigenvalue weighted by molar-refractivity contribution is -0.0277. The fourth-order valence-electron chi connectivity index (χ4n) is 8.69. The molecule has 3 aromatic carbocycles. The molecular formula is C44H47N5O3S. The number of nitrogens with zero attached hydrogens (tertiary/aromatic N) is 4. The van der Waals surface area contributed by atoms with Crippen molar-refractivity contribution in [3.63, 3.8) is 0 Å². The molecule has 4 heterocycles. The number of piperidine rings is 1. The number of amides is 1. The van der Waals surface area contributed by atoms with Gasteiger partial charge in [0, 0.05) is 37.7 Å². The predicted molar refractivity (Wildman–Crippen MR) is 214 cm³/mol. The molecule has 5 aromatic rings. The molecule has 272 valence electrons. The zero-order valence-corrected chi connectivity index (χ0v) is 31.7. The lowest BCUT2D eigenvalue weighted by Gasteiger charge is -2.52. The maximum atomic E-state index is 13.6. The van der Waals surface area contributed by atoms with Crippen LogP contribution in [0.3, 0.4) is 0 Å². The number of thiazole rings is 1. The predicted octanol–water partition coefficient (Wildman–Crippen LogP) is 9.13. The summed E-state index contributed by atoms with van der Waals surface area (Å²) in [5.74, 6) is 1.94. The van der Waals surface area contributed by atoms with Crippen molar-refractivity contribution in [1.29, 1.82) is 0 Å². The zero-order valence-electron chi connectivity index (χ0n) is 30.9. The third-order valence-corrected chi connectivity index (χ3v) is 12.3. The molecule has 0 unspecified atom stereocenters. The highest BCUT2D eigenvalue weighted by atomic mass is 32.1. The number of para-hydroxylation sites is 1. The first kappa shape index (κ1) is 35.2. The quantitative estimate of drug-likeness (QED) is 0.114. The van der Waals surface area contributed by atoms with Gasteiger partial charge in [0.1, 0.15) is 17.3 Å². The number of hydrogen-bond donors (Lipinski definition) is 1. The van der Waals surface area contributed by atoms with E-state index in [2.05, 4.69) is 58.7 Å². The normalized spacial score (nSPS) is 17.0. The summed E-state index contributed by atoms with van der Waals surface area (Å²) in [6.45, 7) is 15.2. The van der Waals surface area contributed by atoms with Gasteiger partial charge in [-0.15, -0.1) is 0 Å². The monoisotopic (exact) mass is 725 g/mol. The van der Waals surface area contributed by atoms with Gasteiger partial charge in [0.15, 0.2) is 10.9 Å². The van der Waals surface area contributed by atoms with Crippen molar-refractivity contribution >= 4 is 44.2 Å². The fraction of sp³-hybridized carbons (Fsp3) is 0.364. The minimum absolute atomic E-state index is 0.0840. The van der Waals surface area contributed by atoms with E-state index in [4.69, 9.17) is 9.72 Å². The molecule has 8 rings (SSSR count). The number of benzene rings is 3. The Bertz CT molecular complexity index is 2180. The molecule has 1 N–H and O–H groups in total. The van der Waals surface area contributed by atoms with Crippen molar-refractivity contribution in [2.24, 2.45) is 11.3 Å². The van der Waals surface area contributed by atoms with Crippen LogP contribution in [0.25, 0.3) is 21.3 Å². The first-order chi connectivity index (χ1) is 25.6. The summed E-state index contributed by atoms with van der Waals surface area (Å²) in [4.78, 5) is 40.9. The highest BCUT2D eigenvalue weighted by molar-refractivity contribution is 7.22. The number of nitrogens with one attached hydrogen (secondary N) is 1. The Labute approximate surface area is 315 Å². The Morgan fingerprint density at radius 2 is 1.75 bits per heavy atom. The Kier molecular flexibility index (Phi) is 9.64. The number of anilines is 2. The molecule has 1 amide bonds. The number of fused-ring (bicyclic) bond motifs is 2. The summed E-state index contributed by atoms with van der Waals surface area (Å²) < 4.78 is 7.36. The lowest BCUT2D eigenvalue weighted by Crippen LogP contribution is -2.48. The highest BCUT2D eigenvalue weighted by Crippen LogP contribution is 2.52. The second kappa shape index (κ2) is 14.5. The molecule has 2 aliphatic heterocycles. The first-order valence-electron chi connectivity index (χ1n) is 18.8. The fourth-order valence-corrected chi connectivity index (χ4v) is 9.55. The van der Waals surface area contributed by atoms with Crippen molar-refractivity contribution in [3.05, 3.63) is 113 Å². The van der Waals surface area contributed by atoms with E-state index >= 15 is 0 Å². The second-order valence-corrected chi connectivity index (χ2v) is 16.5. The summed E-state index contributed by atoms with van der Waals surface area (Å²) in [6, 6.07) is 23.9. The standard InChI is InChI=1S/C44H47N5O3S/c1-28(2)25-48-20-17-44(18-21-48)23-31(24-44)27-52-33-12-13-34(29(3)22-33)35-14-15-40(46-41(35)30(4)50)49-19-16-32-8-7-9-36(37(32)26-49)42(51)47-43-45-38-10-5-6-11-39(38)53-43/h5-15,22,31H,1,16-21,23-27H2,2-4H3,(H,45,47,51). The maximum Gasteiger partial charge on any atom is 0.257 e. The van der Waals surface area contributed by atoms with Gasteiger partial charge in [-0.05, 0) is 135 Å². The minimum atomic E-state index is -0.176. The second-order valence-electron chi connectivity index (χ2n) is 15.5. The van der Waals surface area contributed by atoms with Crippen molar-refractivity contribution in [1.82, 2.24) is 14.9 Å². The number of rotatable bonds is 10. The third kappa shape index (κ3) is 7.37. The Balaban J connectivity index is 0.930. The van der Waals surface area contributed by atoms with Crippen molar-refractivity contribution in [3.8, 4) is 16.9 Å². The number of aromatic nitrogens is 2. The summed E-state index contributed by atoms with van der Waals surface area (Å²) in [5.41, 5.74) is 8.66. The van der Waals surface area contributed by atoms with E-state index in [9.17, 15) is 9.59 Å². The first-order valence-corrected chi connectivity index (χ1v) is 19.6. The molecular weight excluding hydrogens is 679 g/mol. The number of hydrogen-bond acceptors (Lipinski definition) is 8. The summed E-state index contributed by atoms with van der Waals surface area (Å²) in [6.07, 6.45) is 5.85. The number of Topliss-reactive ketones (excluding diaryl/α,β-unsaturated/α-hetero) is 1. The van der Waals surface area contributed by atoms with Gasteiger partial charge in [-0.25, -0.2) is 9.97 Å². The smallest absolute Gasteiger partial charge is 0.257 e. The van der Waals surface area contributed by atoms with Gasteiger partial charge in [0.05, 0.1) is 16.8 Å². The van der Waals surface area contributed by atoms with Gasteiger partial charge < -0.3 is 9.64 Å². The van der Waals surface area contributed by atoms with Crippen LogP contribution in [0.2, 0.25) is 0 Å². The number of pyridine rings is 1. The number of ether oxygens (including phenoxy) is 1. The van der Waals surface area contributed by atoms with Gasteiger partial charge in [-0.2, -0.15) is 0 Å². The van der Waals surface area contributed by atoms with E-state index in [1.54, 1.807) is 6.92 Å². The number of carbonyl (C=O) groups is 2. The summed E-state index contributed by atoms with van der Waals surface area (Å²) in [5, 5.41) is 3.61. The van der Waals surface area contributed by atoms with Crippen LogP contribution >= 0.6 is 11.3 Å². The Morgan fingerprint density at radius 1 is 0.962 bits per heavy atom. The molecule has 53 heavy (non-hydrogen) atoms. The van der Waals surface area contributed by atoms with Gasteiger partial charge in [-0.1, -0.05) is 53.8 Å². The van der Waals surface area contributed by atoms with Crippen LogP contribution in [0.1, 0.15) is 77.1 Å². The molecule has 8 nitrogen and oxygen atoms in total. The highest BCUT2D eigenvalue weighted by Gasteiger charge is 2.45. The van der Waals surface area contributed by atoms with Crippen LogP contribution in [0, 0.1) is 18.3 Å². The van der Waals surface area contributed by atoms with E-state index in [1.165, 1.54) is 55.7 Å². The van der Waals surface area contributed by atoms with Gasteiger partial charge in [-0.3, -0.25) is 19.8 Å². The van der Waals surface area contributed by atoms with E-state index in [0.717, 1.165) is 75.7 Å². The lowest BCUT2D eigenvalue weighted by atomic mass is 9.58. The van der Waals surface area contributed by atoms with E-state index < -0.39 is 0 Å². The number of carbonyl (C=O) groups excluding carboxylic acids is 2. The molecule has 2 fully saturated rings. The largest absolute Gasteiger partial charge is 0.493 e. The average molecular weight is 726 g/mol. The molecule has 0 radical (unpaired) electrons. The van der Waals surface area contributed by atoms with Gasteiger partial charge in [0.25, 0.3) is 5.91 Å². The summed E-state index contributed by atoms with van der Waals surface area (Å²) >= 11 is 1.47. The Hall–Kier alpha value is -4.86. The third-order valence-electron chi connectivity index (χ3n) is 11.4. The van der Waals surface area contributed by atoms with Crippen molar-refractivity contribution in [2.75, 3.05) is 43.0 Å². The SMILES string of the molecule is C=C(C)CN1CCC2(CC1)CC(COc1ccc(-c3ccc(N4CCc5cccc(C(=O)Nc6nc7ccccc7s6)c5C4)nc3C(C)=O)c(C)c1)C2. The molecule has 1 saturated carbocycles. The molecule has 9 heteroatoms. The van der Waals surface area contributed by atoms with Crippen LogP contribution in [0.4, 0.5) is 10.9 Å². The average Bonchev–Trinajstić information content (AvgIpc) is 3.55. The molecule has 1 saturated heterocycles. The van der Waals surface area contributed by atoms with Crippen LogP contribution < -0.4 is 15.0 Å². The van der Waals surface area contributed by atoms with Crippen LogP contribution in [0.5, 0.6) is 5.75 Å². The number of aryl methyl sites for hydroxylation is 1. The van der Waals surface area contributed by atoms with Crippen LogP contribution in [-0.2, 0) is 13.0 Å². The van der Waals surface area contributed by atoms with Crippen LogP contribution in [0.15, 0.2) is 84.9 Å². The van der Waals surface area contributed by atoms with Gasteiger partial charge in [0.2, 0.25) is 0 Å². The maximum absolute atomic E-state index is 13.6. The van der Waals surface area contributed by atoms with Gasteiger partial charge >= 0.3 is 0 Å². The molecule has 0 atom stereocenters. The van der Waals surface area contributed by atoms with E-state index in [0.29, 0.717) is 34.3 Å². The molecule has 1 aliphatic carbocycles. The molecule has 2 aromatic heterocycles. The van der Waals surface area contributed by atoms with E-state index in [-0.39, 0.29) is 11.7 Å². The topological polar surface area (TPSA) is 87.7 Å².